The molecule has 8 heteroatoms. The van der Waals surface area contributed by atoms with Crippen LogP contribution in [0.2, 0.25) is 0 Å². The summed E-state index contributed by atoms with van der Waals surface area (Å²) in [5.41, 5.74) is -0.532. The van der Waals surface area contributed by atoms with Crippen molar-refractivity contribution in [1.82, 2.24) is 0 Å². The Hall–Kier alpha value is -1.18. The van der Waals surface area contributed by atoms with E-state index in [-0.39, 0.29) is 13.0 Å². The predicted octanol–water partition coefficient (Wildman–Crippen LogP) is 2.62. The minimum absolute atomic E-state index is 0.0737. The smallest absolute Gasteiger partial charge is 0.453 e. The normalized spacial score (nSPS) is 13.9. The molecule has 0 spiro atoms. The average molecular weight is 262 g/mol. The van der Waals surface area contributed by atoms with E-state index in [1.165, 1.54) is 7.11 Å². The summed E-state index contributed by atoms with van der Waals surface area (Å²) in [5, 5.41) is 8.55. The lowest BCUT2D eigenvalue weighted by molar-refractivity contribution is -0.280. The summed E-state index contributed by atoms with van der Waals surface area (Å²) < 4.78 is 64.8. The molecule has 0 heterocycles. The molecular formula is C9H11F5O3. The van der Waals surface area contributed by atoms with Gasteiger partial charge >= 0.3 is 18.1 Å². The van der Waals surface area contributed by atoms with E-state index >= 15 is 0 Å². The van der Waals surface area contributed by atoms with E-state index in [4.69, 9.17) is 5.11 Å². The molecule has 100 valence electrons. The van der Waals surface area contributed by atoms with E-state index in [9.17, 15) is 26.7 Å². The summed E-state index contributed by atoms with van der Waals surface area (Å²) in [6.45, 7) is -0.0737. The minimum atomic E-state index is -5.69. The number of hydrogen-bond acceptors (Lipinski definition) is 2. The van der Waals surface area contributed by atoms with Crippen LogP contribution in [0.5, 0.6) is 0 Å². The van der Waals surface area contributed by atoms with Gasteiger partial charge in [-0.3, -0.25) is 0 Å². The Morgan fingerprint density at radius 1 is 1.29 bits per heavy atom. The molecule has 0 bridgehead atoms. The standard InChI is InChI=1S/C9H11F5O3/c1-17-5-3-6(7(15)16)2-4-8(10,11)9(12,13)14/h2H,3-5H2,1H3,(H,15,16). The van der Waals surface area contributed by atoms with Crippen LogP contribution in [-0.2, 0) is 9.53 Å². The number of methoxy groups -OCH3 is 1. The van der Waals surface area contributed by atoms with Crippen LogP contribution in [0.25, 0.3) is 0 Å². The molecule has 0 amide bonds. The highest BCUT2D eigenvalue weighted by molar-refractivity contribution is 5.86. The van der Waals surface area contributed by atoms with E-state index < -0.39 is 30.1 Å². The first-order valence-corrected chi connectivity index (χ1v) is 4.47. The number of allylic oxidation sites excluding steroid dienone is 1. The molecule has 0 aliphatic rings. The Balaban J connectivity index is 4.70. The third-order valence-electron chi connectivity index (χ3n) is 1.87. The second kappa shape index (κ2) is 5.95. The highest BCUT2D eigenvalue weighted by atomic mass is 19.4. The number of carbonyl (C=O) groups is 1. The van der Waals surface area contributed by atoms with Crippen molar-refractivity contribution in [2.24, 2.45) is 0 Å². The molecule has 1 N–H and O–H groups in total. The first kappa shape index (κ1) is 15.8. The minimum Gasteiger partial charge on any atom is -0.478 e. The molecule has 0 atom stereocenters. The van der Waals surface area contributed by atoms with Crippen LogP contribution >= 0.6 is 0 Å². The highest BCUT2D eigenvalue weighted by Crippen LogP contribution is 2.38. The lowest BCUT2D eigenvalue weighted by Crippen LogP contribution is -2.35. The van der Waals surface area contributed by atoms with Gasteiger partial charge in [0.2, 0.25) is 0 Å². The molecule has 17 heavy (non-hydrogen) atoms. The molecule has 0 radical (unpaired) electrons. The first-order valence-electron chi connectivity index (χ1n) is 4.47. The molecule has 0 saturated carbocycles. The predicted molar refractivity (Wildman–Crippen MR) is 47.8 cm³/mol. The number of alkyl halides is 5. The Bertz CT molecular complexity index is 295. The number of carboxylic acids is 1. The molecule has 0 unspecified atom stereocenters. The summed E-state index contributed by atoms with van der Waals surface area (Å²) in [6.07, 6.45) is -7.25. The molecule has 0 aromatic heterocycles. The van der Waals surface area contributed by atoms with E-state index in [2.05, 4.69) is 4.74 Å². The van der Waals surface area contributed by atoms with Crippen LogP contribution in [0.4, 0.5) is 22.0 Å². The van der Waals surface area contributed by atoms with Crippen LogP contribution in [0.3, 0.4) is 0 Å². The van der Waals surface area contributed by atoms with Gasteiger partial charge in [0.1, 0.15) is 0 Å². The van der Waals surface area contributed by atoms with Crippen LogP contribution < -0.4 is 0 Å². The topological polar surface area (TPSA) is 46.5 Å². The number of rotatable bonds is 6. The van der Waals surface area contributed by atoms with Gasteiger partial charge in [-0.05, 0) is 0 Å². The van der Waals surface area contributed by atoms with Gasteiger partial charge in [-0.25, -0.2) is 4.79 Å². The Morgan fingerprint density at radius 2 is 1.82 bits per heavy atom. The summed E-state index contributed by atoms with van der Waals surface area (Å²) in [7, 11) is 1.25. The Labute approximate surface area is 93.9 Å². The van der Waals surface area contributed by atoms with Gasteiger partial charge in [-0.15, -0.1) is 0 Å². The summed E-state index contributed by atoms with van der Waals surface area (Å²) in [5.74, 6) is -6.47. The number of ether oxygens (including phenoxy) is 1. The van der Waals surface area contributed by atoms with Gasteiger partial charge in [-0.2, -0.15) is 22.0 Å². The molecule has 0 aromatic rings. The molecule has 0 fully saturated rings. The maximum Gasteiger partial charge on any atom is 0.453 e. The number of aliphatic carboxylic acids is 1. The summed E-state index contributed by atoms with van der Waals surface area (Å²) >= 11 is 0. The van der Waals surface area contributed by atoms with E-state index in [0.29, 0.717) is 6.08 Å². The molecule has 0 aromatic carbocycles. The van der Waals surface area contributed by atoms with Crippen LogP contribution in [-0.4, -0.2) is 36.9 Å². The van der Waals surface area contributed by atoms with Crippen LogP contribution in [0, 0.1) is 0 Å². The number of hydrogen-bond donors (Lipinski definition) is 1. The van der Waals surface area contributed by atoms with Crippen molar-refractivity contribution in [1.29, 1.82) is 0 Å². The summed E-state index contributed by atoms with van der Waals surface area (Å²) in [6, 6.07) is 0. The van der Waals surface area contributed by atoms with Gasteiger partial charge < -0.3 is 9.84 Å². The van der Waals surface area contributed by atoms with Crippen molar-refractivity contribution in [3.63, 3.8) is 0 Å². The maximum absolute atomic E-state index is 12.5. The number of halogens is 5. The third kappa shape index (κ3) is 5.12. The SMILES string of the molecule is COCCC(=CCC(F)(F)C(F)(F)F)C(=O)O. The maximum atomic E-state index is 12.5. The highest BCUT2D eigenvalue weighted by Gasteiger charge is 2.56. The molecule has 3 nitrogen and oxygen atoms in total. The molecule has 0 aliphatic heterocycles. The van der Waals surface area contributed by atoms with Gasteiger partial charge in [0.25, 0.3) is 0 Å². The van der Waals surface area contributed by atoms with Gasteiger partial charge in [0, 0.05) is 25.5 Å². The van der Waals surface area contributed by atoms with Crippen LogP contribution in [0.1, 0.15) is 12.8 Å². The fourth-order valence-corrected chi connectivity index (χ4v) is 0.875. The van der Waals surface area contributed by atoms with Gasteiger partial charge in [0.05, 0.1) is 6.61 Å². The molecule has 0 aliphatic carbocycles. The van der Waals surface area contributed by atoms with Crippen molar-refractivity contribution in [2.75, 3.05) is 13.7 Å². The van der Waals surface area contributed by atoms with Gasteiger partial charge in [0.15, 0.2) is 0 Å². The largest absolute Gasteiger partial charge is 0.478 e. The van der Waals surface area contributed by atoms with Crippen LogP contribution in [0.15, 0.2) is 11.6 Å². The lowest BCUT2D eigenvalue weighted by atomic mass is 10.1. The average Bonchev–Trinajstić information content (AvgIpc) is 2.15. The fraction of sp³-hybridized carbons (Fsp3) is 0.667. The molecule has 0 saturated heterocycles. The first-order chi connectivity index (χ1) is 7.62. The van der Waals surface area contributed by atoms with Crippen molar-refractivity contribution >= 4 is 5.97 Å². The zero-order chi connectivity index (χ0) is 13.7. The van der Waals surface area contributed by atoms with Crippen molar-refractivity contribution in [2.45, 2.75) is 24.9 Å². The zero-order valence-corrected chi connectivity index (χ0v) is 8.85. The van der Waals surface area contributed by atoms with Crippen molar-refractivity contribution in [3.05, 3.63) is 11.6 Å². The van der Waals surface area contributed by atoms with E-state index in [1.807, 2.05) is 0 Å². The number of carboxylic acid groups (broad SMARTS) is 1. The van der Waals surface area contributed by atoms with Crippen molar-refractivity contribution in [3.8, 4) is 0 Å². The molecular weight excluding hydrogens is 251 g/mol. The second-order valence-electron chi connectivity index (χ2n) is 3.18. The second-order valence-corrected chi connectivity index (χ2v) is 3.18. The fourth-order valence-electron chi connectivity index (χ4n) is 0.875. The van der Waals surface area contributed by atoms with E-state index in [0.717, 1.165) is 0 Å². The molecule has 0 rings (SSSR count). The van der Waals surface area contributed by atoms with Gasteiger partial charge in [-0.1, -0.05) is 6.08 Å². The lowest BCUT2D eigenvalue weighted by Gasteiger charge is -2.17. The quantitative estimate of drug-likeness (QED) is 0.591. The van der Waals surface area contributed by atoms with Crippen molar-refractivity contribution < 1.29 is 36.6 Å². The zero-order valence-electron chi connectivity index (χ0n) is 8.85. The summed E-state index contributed by atoms with van der Waals surface area (Å²) in [4.78, 5) is 10.5. The Morgan fingerprint density at radius 3 is 2.18 bits per heavy atom. The Kier molecular flexibility index (Phi) is 5.53. The monoisotopic (exact) mass is 262 g/mol. The van der Waals surface area contributed by atoms with E-state index in [1.54, 1.807) is 0 Å². The third-order valence-corrected chi connectivity index (χ3v) is 1.87.